The molecule has 0 fully saturated rings. The number of rotatable bonds is 8. The number of allylic oxidation sites excluding steroid dienone is 1. The van der Waals surface area contributed by atoms with Gasteiger partial charge >= 0.3 is 6.61 Å². The first kappa shape index (κ1) is 22.0. The number of benzene rings is 2. The summed E-state index contributed by atoms with van der Waals surface area (Å²) in [5.41, 5.74) is 0.201. The molecule has 0 unspecified atom stereocenters. The molecule has 0 aliphatic heterocycles. The molecule has 2 aromatic carbocycles. The molecule has 10 heteroatoms. The first-order valence-electron chi connectivity index (χ1n) is 8.56. The van der Waals surface area contributed by atoms with E-state index in [0.29, 0.717) is 0 Å². The van der Waals surface area contributed by atoms with Crippen molar-refractivity contribution < 1.29 is 45.0 Å². The highest BCUT2D eigenvalue weighted by Crippen LogP contribution is 2.27. The molecule has 0 aliphatic carbocycles. The quantitative estimate of drug-likeness (QED) is 0.188. The SMILES string of the molecule is O=C(C=Cc1ccc(COc2c(F)c(F)cc(F)c2F)o1)c1ccc(OC(F)F)cc1. The van der Waals surface area contributed by atoms with Crippen molar-refractivity contribution in [2.45, 2.75) is 13.2 Å². The Morgan fingerprint density at radius 2 is 1.61 bits per heavy atom. The Morgan fingerprint density at radius 3 is 2.23 bits per heavy atom. The summed E-state index contributed by atoms with van der Waals surface area (Å²) in [5.74, 6) is -8.12. The van der Waals surface area contributed by atoms with Crippen LogP contribution in [0, 0.1) is 23.3 Å². The van der Waals surface area contributed by atoms with Gasteiger partial charge in [0.15, 0.2) is 23.2 Å². The second-order valence-corrected chi connectivity index (χ2v) is 5.99. The molecule has 0 amide bonds. The fourth-order valence-corrected chi connectivity index (χ4v) is 2.44. The minimum atomic E-state index is -2.98. The Labute approximate surface area is 171 Å². The van der Waals surface area contributed by atoms with Crippen molar-refractivity contribution in [3.8, 4) is 11.5 Å². The van der Waals surface area contributed by atoms with Crippen LogP contribution in [0.5, 0.6) is 11.5 Å². The summed E-state index contributed by atoms with van der Waals surface area (Å²) in [5, 5.41) is 0. The number of alkyl halides is 2. The summed E-state index contributed by atoms with van der Waals surface area (Å²) in [6, 6.07) is 7.86. The molecule has 162 valence electrons. The van der Waals surface area contributed by atoms with Crippen LogP contribution in [0.3, 0.4) is 0 Å². The van der Waals surface area contributed by atoms with Gasteiger partial charge in [0.2, 0.25) is 11.6 Å². The van der Waals surface area contributed by atoms with Crippen LogP contribution in [-0.4, -0.2) is 12.4 Å². The van der Waals surface area contributed by atoms with E-state index >= 15 is 0 Å². The first-order chi connectivity index (χ1) is 14.7. The number of hydrogen-bond acceptors (Lipinski definition) is 4. The number of ether oxygens (including phenoxy) is 2. The predicted molar refractivity (Wildman–Crippen MR) is 95.8 cm³/mol. The van der Waals surface area contributed by atoms with Gasteiger partial charge in [0.05, 0.1) is 0 Å². The molecule has 1 heterocycles. The van der Waals surface area contributed by atoms with Crippen molar-refractivity contribution in [2.24, 2.45) is 0 Å². The van der Waals surface area contributed by atoms with E-state index in [0.717, 1.165) is 6.08 Å². The molecule has 0 N–H and O–H groups in total. The molecule has 31 heavy (non-hydrogen) atoms. The number of hydrogen-bond donors (Lipinski definition) is 0. The molecule has 0 atom stereocenters. The minimum absolute atomic E-state index is 0.0592. The molecule has 0 saturated heterocycles. The smallest absolute Gasteiger partial charge is 0.387 e. The largest absolute Gasteiger partial charge is 0.479 e. The van der Waals surface area contributed by atoms with Crippen LogP contribution in [-0.2, 0) is 6.61 Å². The van der Waals surface area contributed by atoms with Gasteiger partial charge in [-0.2, -0.15) is 17.6 Å². The van der Waals surface area contributed by atoms with Crippen LogP contribution in [0.25, 0.3) is 6.08 Å². The Balaban J connectivity index is 1.62. The Morgan fingerprint density at radius 1 is 0.968 bits per heavy atom. The average Bonchev–Trinajstić information content (AvgIpc) is 3.18. The summed E-state index contributed by atoms with van der Waals surface area (Å²) in [6.45, 7) is -3.52. The highest BCUT2D eigenvalue weighted by Gasteiger charge is 2.21. The fourth-order valence-electron chi connectivity index (χ4n) is 2.44. The molecule has 0 radical (unpaired) electrons. The molecule has 0 spiro atoms. The molecule has 4 nitrogen and oxygen atoms in total. The van der Waals surface area contributed by atoms with Crippen LogP contribution >= 0.6 is 0 Å². The number of ketones is 1. The topological polar surface area (TPSA) is 48.7 Å². The molecule has 0 saturated carbocycles. The third kappa shape index (κ3) is 5.47. The van der Waals surface area contributed by atoms with E-state index in [2.05, 4.69) is 4.74 Å². The van der Waals surface area contributed by atoms with Gasteiger partial charge in [0.1, 0.15) is 23.9 Å². The van der Waals surface area contributed by atoms with E-state index in [1.54, 1.807) is 0 Å². The third-order valence-corrected chi connectivity index (χ3v) is 3.88. The summed E-state index contributed by atoms with van der Waals surface area (Å²) < 4.78 is 92.0. The maximum absolute atomic E-state index is 13.6. The van der Waals surface area contributed by atoms with E-state index < -0.39 is 48.0 Å². The van der Waals surface area contributed by atoms with Gasteiger partial charge in [-0.25, -0.2) is 8.78 Å². The van der Waals surface area contributed by atoms with E-state index in [1.807, 2.05) is 0 Å². The highest BCUT2D eigenvalue weighted by molar-refractivity contribution is 6.06. The van der Waals surface area contributed by atoms with Crippen molar-refractivity contribution in [3.05, 3.63) is 88.9 Å². The number of carbonyl (C=O) groups excluding carboxylic acids is 1. The Hall–Kier alpha value is -3.69. The lowest BCUT2D eigenvalue weighted by Gasteiger charge is -2.08. The standard InChI is InChI=1S/C21H12F6O4/c22-15-9-16(23)19(25)20(18(15)24)29-10-14-6-5-12(30-14)7-8-17(28)11-1-3-13(4-2-11)31-21(26)27/h1-9,21H,10H2. The second kappa shape index (κ2) is 9.41. The summed E-state index contributed by atoms with van der Waals surface area (Å²) in [4.78, 5) is 12.1. The predicted octanol–water partition coefficient (Wildman–Crippen LogP) is 5.91. The van der Waals surface area contributed by atoms with E-state index in [4.69, 9.17) is 9.15 Å². The van der Waals surface area contributed by atoms with Gasteiger partial charge in [-0.15, -0.1) is 0 Å². The van der Waals surface area contributed by atoms with Crippen molar-refractivity contribution in [1.82, 2.24) is 0 Å². The Bertz CT molecular complexity index is 1080. The van der Waals surface area contributed by atoms with Crippen LogP contribution in [0.4, 0.5) is 26.3 Å². The normalized spacial score (nSPS) is 11.3. The van der Waals surface area contributed by atoms with Gasteiger partial charge < -0.3 is 13.9 Å². The lowest BCUT2D eigenvalue weighted by Crippen LogP contribution is -2.03. The monoisotopic (exact) mass is 442 g/mol. The molecule has 3 aromatic rings. The lowest BCUT2D eigenvalue weighted by molar-refractivity contribution is -0.0498. The van der Waals surface area contributed by atoms with E-state index in [-0.39, 0.29) is 28.9 Å². The highest BCUT2D eigenvalue weighted by atomic mass is 19.3. The van der Waals surface area contributed by atoms with Gasteiger partial charge in [0.25, 0.3) is 0 Å². The molecule has 0 bridgehead atoms. The van der Waals surface area contributed by atoms with Crippen molar-refractivity contribution in [1.29, 1.82) is 0 Å². The van der Waals surface area contributed by atoms with Crippen molar-refractivity contribution >= 4 is 11.9 Å². The lowest BCUT2D eigenvalue weighted by atomic mass is 10.1. The molecule has 3 rings (SSSR count). The maximum atomic E-state index is 13.6. The van der Waals surface area contributed by atoms with Gasteiger partial charge in [-0.1, -0.05) is 0 Å². The second-order valence-electron chi connectivity index (χ2n) is 5.99. The Kier molecular flexibility index (Phi) is 6.68. The fraction of sp³-hybridized carbons (Fsp3) is 0.0952. The number of carbonyl (C=O) groups is 1. The zero-order valence-electron chi connectivity index (χ0n) is 15.4. The molecule has 1 aromatic heterocycles. The van der Waals surface area contributed by atoms with Crippen LogP contribution in [0.15, 0.2) is 53.0 Å². The number of halogens is 6. The van der Waals surface area contributed by atoms with Gasteiger partial charge in [0, 0.05) is 11.6 Å². The minimum Gasteiger partial charge on any atom is -0.479 e. The molecular weight excluding hydrogens is 430 g/mol. The zero-order valence-corrected chi connectivity index (χ0v) is 15.4. The summed E-state index contributed by atoms with van der Waals surface area (Å²) in [6.07, 6.45) is 2.44. The van der Waals surface area contributed by atoms with Crippen molar-refractivity contribution in [3.63, 3.8) is 0 Å². The number of furan rings is 1. The third-order valence-electron chi connectivity index (χ3n) is 3.88. The molecular formula is C21H12F6O4. The van der Waals surface area contributed by atoms with Gasteiger partial charge in [-0.05, 0) is 48.6 Å². The van der Waals surface area contributed by atoms with Gasteiger partial charge in [-0.3, -0.25) is 4.79 Å². The van der Waals surface area contributed by atoms with Crippen LogP contribution in [0.1, 0.15) is 21.9 Å². The average molecular weight is 442 g/mol. The molecule has 0 aliphatic rings. The van der Waals surface area contributed by atoms with Crippen LogP contribution in [0.2, 0.25) is 0 Å². The van der Waals surface area contributed by atoms with E-state index in [1.165, 1.54) is 42.5 Å². The zero-order chi connectivity index (χ0) is 22.5. The van der Waals surface area contributed by atoms with Crippen LogP contribution < -0.4 is 9.47 Å². The first-order valence-corrected chi connectivity index (χ1v) is 8.56. The van der Waals surface area contributed by atoms with E-state index in [9.17, 15) is 31.1 Å². The summed E-state index contributed by atoms with van der Waals surface area (Å²) >= 11 is 0. The maximum Gasteiger partial charge on any atom is 0.387 e. The summed E-state index contributed by atoms with van der Waals surface area (Å²) in [7, 11) is 0. The van der Waals surface area contributed by atoms with Crippen molar-refractivity contribution in [2.75, 3.05) is 0 Å².